The molecule has 0 fully saturated rings. The quantitative estimate of drug-likeness (QED) is 0.436. The van der Waals surface area contributed by atoms with Crippen molar-refractivity contribution in [1.29, 1.82) is 0 Å². The highest BCUT2D eigenvalue weighted by Crippen LogP contribution is 2.30. The number of hydrazone groups is 1. The van der Waals surface area contributed by atoms with Gasteiger partial charge in [-0.3, -0.25) is 5.43 Å². The summed E-state index contributed by atoms with van der Waals surface area (Å²) in [6.45, 7) is 0. The Labute approximate surface area is 144 Å². The average molecular weight is 428 g/mol. The van der Waals surface area contributed by atoms with Gasteiger partial charge >= 0.3 is 5.97 Å². The molecule has 0 saturated heterocycles. The highest BCUT2D eigenvalue weighted by atomic mass is 79.9. The van der Waals surface area contributed by atoms with E-state index in [4.69, 9.17) is 0 Å². The number of aromatic hydroxyl groups is 1. The lowest BCUT2D eigenvalue weighted by atomic mass is 10.2. The Morgan fingerprint density at radius 3 is 2.59 bits per heavy atom. The number of hydrogen-bond donors (Lipinski definition) is 2. The average Bonchev–Trinajstić information content (AvgIpc) is 2.51. The minimum Gasteiger partial charge on any atom is -0.506 e. The molecule has 0 aromatic heterocycles. The maximum atomic E-state index is 11.3. The molecule has 0 aliphatic carbocycles. The van der Waals surface area contributed by atoms with Crippen molar-refractivity contribution in [2.45, 2.75) is 0 Å². The van der Waals surface area contributed by atoms with Gasteiger partial charge in [-0.2, -0.15) is 5.10 Å². The summed E-state index contributed by atoms with van der Waals surface area (Å²) in [6.07, 6.45) is 1.50. The summed E-state index contributed by atoms with van der Waals surface area (Å²) in [5, 5.41) is 14.0. The van der Waals surface area contributed by atoms with Crippen LogP contribution >= 0.6 is 31.9 Å². The first-order valence-electron chi connectivity index (χ1n) is 6.16. The number of rotatable bonds is 4. The van der Waals surface area contributed by atoms with Gasteiger partial charge in [0.15, 0.2) is 0 Å². The summed E-state index contributed by atoms with van der Waals surface area (Å²) in [4.78, 5) is 11.3. The first-order chi connectivity index (χ1) is 10.5. The third-order valence-electron chi connectivity index (χ3n) is 2.76. The molecule has 0 saturated carbocycles. The number of anilines is 1. The van der Waals surface area contributed by atoms with Crippen LogP contribution in [-0.4, -0.2) is 24.4 Å². The first-order valence-corrected chi connectivity index (χ1v) is 7.75. The van der Waals surface area contributed by atoms with E-state index in [0.29, 0.717) is 21.3 Å². The van der Waals surface area contributed by atoms with Crippen LogP contribution in [-0.2, 0) is 4.74 Å². The fourth-order valence-corrected chi connectivity index (χ4v) is 2.92. The van der Waals surface area contributed by atoms with Gasteiger partial charge < -0.3 is 9.84 Å². The minimum atomic E-state index is -0.390. The number of carbonyl (C=O) groups excluding carboxylic acids is 1. The van der Waals surface area contributed by atoms with E-state index in [0.717, 1.165) is 4.47 Å². The van der Waals surface area contributed by atoms with Gasteiger partial charge in [0.1, 0.15) is 5.75 Å². The normalized spacial score (nSPS) is 10.7. The number of carbonyl (C=O) groups is 1. The van der Waals surface area contributed by atoms with Crippen LogP contribution in [0.3, 0.4) is 0 Å². The lowest BCUT2D eigenvalue weighted by molar-refractivity contribution is 0.0601. The number of halogens is 2. The Hall–Kier alpha value is -1.86. The Morgan fingerprint density at radius 1 is 1.27 bits per heavy atom. The van der Waals surface area contributed by atoms with E-state index in [1.807, 2.05) is 0 Å². The molecule has 0 aliphatic heterocycles. The molecule has 114 valence electrons. The lowest BCUT2D eigenvalue weighted by Crippen LogP contribution is -2.00. The maximum absolute atomic E-state index is 11.3. The van der Waals surface area contributed by atoms with Crippen molar-refractivity contribution in [1.82, 2.24) is 0 Å². The van der Waals surface area contributed by atoms with Gasteiger partial charge in [0.25, 0.3) is 0 Å². The molecule has 7 heteroatoms. The van der Waals surface area contributed by atoms with Crippen LogP contribution in [0.2, 0.25) is 0 Å². The molecule has 0 radical (unpaired) electrons. The second-order valence-electron chi connectivity index (χ2n) is 4.26. The Bertz CT molecular complexity index is 715. The van der Waals surface area contributed by atoms with Crippen LogP contribution in [0.4, 0.5) is 5.69 Å². The van der Waals surface area contributed by atoms with Crippen molar-refractivity contribution >= 4 is 49.7 Å². The highest BCUT2D eigenvalue weighted by molar-refractivity contribution is 9.11. The van der Waals surface area contributed by atoms with Gasteiger partial charge in [0, 0.05) is 10.0 Å². The third kappa shape index (κ3) is 4.08. The van der Waals surface area contributed by atoms with Crippen LogP contribution < -0.4 is 5.43 Å². The highest BCUT2D eigenvalue weighted by Gasteiger charge is 2.06. The SMILES string of the molecule is COC(=O)c1ccc(N/N=C\c2cc(Br)cc(Br)c2O)cc1. The zero-order valence-electron chi connectivity index (χ0n) is 11.5. The molecule has 2 aromatic carbocycles. The summed E-state index contributed by atoms with van der Waals surface area (Å²) in [5.41, 5.74) is 4.54. The minimum absolute atomic E-state index is 0.106. The Kier molecular flexibility index (Phi) is 5.57. The number of benzene rings is 2. The van der Waals surface area contributed by atoms with Crippen molar-refractivity contribution in [3.05, 3.63) is 56.5 Å². The van der Waals surface area contributed by atoms with E-state index in [-0.39, 0.29) is 11.7 Å². The second-order valence-corrected chi connectivity index (χ2v) is 6.03. The van der Waals surface area contributed by atoms with E-state index in [1.165, 1.54) is 13.3 Å². The summed E-state index contributed by atoms with van der Waals surface area (Å²) in [6, 6.07) is 10.2. The Morgan fingerprint density at radius 2 is 1.95 bits per heavy atom. The second kappa shape index (κ2) is 7.42. The van der Waals surface area contributed by atoms with Gasteiger partial charge in [-0.15, -0.1) is 0 Å². The predicted molar refractivity (Wildman–Crippen MR) is 92.5 cm³/mol. The molecule has 22 heavy (non-hydrogen) atoms. The van der Waals surface area contributed by atoms with E-state index >= 15 is 0 Å². The third-order valence-corrected chi connectivity index (χ3v) is 3.82. The van der Waals surface area contributed by atoms with Gasteiger partial charge in [0.2, 0.25) is 0 Å². The number of nitrogens with zero attached hydrogens (tertiary/aromatic N) is 1. The van der Waals surface area contributed by atoms with Gasteiger partial charge in [-0.25, -0.2) is 4.79 Å². The van der Waals surface area contributed by atoms with E-state index in [2.05, 4.69) is 47.1 Å². The number of phenolic OH excluding ortho intramolecular Hbond substituents is 1. The van der Waals surface area contributed by atoms with Gasteiger partial charge in [0.05, 0.1) is 29.0 Å². The van der Waals surface area contributed by atoms with Crippen LogP contribution in [0.15, 0.2) is 50.4 Å². The summed E-state index contributed by atoms with van der Waals surface area (Å²) in [5.74, 6) is -0.284. The van der Waals surface area contributed by atoms with Crippen LogP contribution in [0.25, 0.3) is 0 Å². The fourth-order valence-electron chi connectivity index (χ4n) is 1.66. The molecule has 0 unspecified atom stereocenters. The van der Waals surface area contributed by atoms with E-state index < -0.39 is 0 Å². The number of nitrogens with one attached hydrogen (secondary N) is 1. The van der Waals surface area contributed by atoms with E-state index in [9.17, 15) is 9.90 Å². The standard InChI is InChI=1S/C15H12Br2N2O3/c1-22-15(21)9-2-4-12(5-3-9)19-18-8-10-6-11(16)7-13(17)14(10)20/h2-8,19-20H,1H3/b18-8-. The molecule has 2 aromatic rings. The summed E-state index contributed by atoms with van der Waals surface area (Å²) < 4.78 is 6.02. The summed E-state index contributed by atoms with van der Waals surface area (Å²) >= 11 is 6.60. The molecular formula is C15H12Br2N2O3. The van der Waals surface area contributed by atoms with Crippen LogP contribution in [0.1, 0.15) is 15.9 Å². The topological polar surface area (TPSA) is 70.9 Å². The van der Waals surface area contributed by atoms with E-state index in [1.54, 1.807) is 36.4 Å². The molecule has 0 bridgehead atoms. The van der Waals surface area contributed by atoms with Crippen molar-refractivity contribution in [2.75, 3.05) is 12.5 Å². The molecule has 0 spiro atoms. The predicted octanol–water partition coefficient (Wildman–Crippen LogP) is 4.15. The summed E-state index contributed by atoms with van der Waals surface area (Å²) in [7, 11) is 1.33. The monoisotopic (exact) mass is 426 g/mol. The maximum Gasteiger partial charge on any atom is 0.337 e. The molecule has 2 rings (SSSR count). The number of esters is 1. The molecular weight excluding hydrogens is 416 g/mol. The molecule has 2 N–H and O–H groups in total. The molecule has 5 nitrogen and oxygen atoms in total. The molecule has 0 heterocycles. The number of phenols is 1. The van der Waals surface area contributed by atoms with Gasteiger partial charge in [-0.1, -0.05) is 15.9 Å². The van der Waals surface area contributed by atoms with Crippen molar-refractivity contribution < 1.29 is 14.6 Å². The lowest BCUT2D eigenvalue weighted by Gasteiger charge is -2.04. The number of hydrogen-bond acceptors (Lipinski definition) is 5. The molecule has 0 atom stereocenters. The van der Waals surface area contributed by atoms with Gasteiger partial charge in [-0.05, 0) is 52.3 Å². The first kappa shape index (κ1) is 16.5. The van der Waals surface area contributed by atoms with Crippen molar-refractivity contribution in [3.8, 4) is 5.75 Å². The van der Waals surface area contributed by atoms with Crippen molar-refractivity contribution in [2.24, 2.45) is 5.10 Å². The zero-order chi connectivity index (χ0) is 16.1. The van der Waals surface area contributed by atoms with Crippen molar-refractivity contribution in [3.63, 3.8) is 0 Å². The zero-order valence-corrected chi connectivity index (χ0v) is 14.7. The largest absolute Gasteiger partial charge is 0.506 e. The Balaban J connectivity index is 2.08. The number of ether oxygens (including phenoxy) is 1. The van der Waals surface area contributed by atoms with Crippen LogP contribution in [0, 0.1) is 0 Å². The number of methoxy groups -OCH3 is 1. The van der Waals surface area contributed by atoms with Crippen LogP contribution in [0.5, 0.6) is 5.75 Å². The molecule has 0 aliphatic rings. The smallest absolute Gasteiger partial charge is 0.337 e. The fraction of sp³-hybridized carbons (Fsp3) is 0.0667. The molecule has 0 amide bonds.